The Balaban J connectivity index is 1.86. The molecule has 1 unspecified atom stereocenters. The fourth-order valence-corrected chi connectivity index (χ4v) is 4.33. The lowest BCUT2D eigenvalue weighted by molar-refractivity contribution is -0.131. The average Bonchev–Trinajstić information content (AvgIpc) is 2.68. The van der Waals surface area contributed by atoms with Gasteiger partial charge in [0.1, 0.15) is 29.8 Å². The molecule has 0 spiro atoms. The third-order valence-corrected chi connectivity index (χ3v) is 6.08. The van der Waals surface area contributed by atoms with Crippen LogP contribution in [0.4, 0.5) is 0 Å². The maximum Gasteiger partial charge on any atom is 0.339 e. The molecule has 3 rings (SSSR count). The molecule has 0 heterocycles. The molecule has 166 valence electrons. The largest absolute Gasteiger partial charge is 0.490 e. The number of benzene rings is 2. The number of hydrogen-bond donors (Lipinski definition) is 2. The van der Waals surface area contributed by atoms with Crippen LogP contribution < -0.4 is 9.47 Å². The van der Waals surface area contributed by atoms with Crippen LogP contribution >= 0.6 is 0 Å². The van der Waals surface area contributed by atoms with Crippen molar-refractivity contribution in [2.45, 2.75) is 64.4 Å². The molecule has 0 radical (unpaired) electrons. The molecule has 1 atom stereocenters. The topological polar surface area (TPSA) is 93.1 Å². The van der Waals surface area contributed by atoms with E-state index < -0.39 is 18.0 Å². The summed E-state index contributed by atoms with van der Waals surface area (Å²) in [5.41, 5.74) is 3.11. The first kappa shape index (κ1) is 22.8. The summed E-state index contributed by atoms with van der Waals surface area (Å²) in [6.45, 7) is 10.1. The van der Waals surface area contributed by atoms with Crippen LogP contribution in [0.5, 0.6) is 11.5 Å². The second-order valence-electron chi connectivity index (χ2n) is 9.42. The smallest absolute Gasteiger partial charge is 0.339 e. The van der Waals surface area contributed by atoms with Crippen molar-refractivity contribution in [3.05, 3.63) is 58.7 Å². The molecule has 6 nitrogen and oxygen atoms in total. The van der Waals surface area contributed by atoms with Gasteiger partial charge in [-0.25, -0.2) is 4.79 Å². The molecule has 1 aliphatic rings. The van der Waals surface area contributed by atoms with E-state index in [0.29, 0.717) is 5.75 Å². The van der Waals surface area contributed by atoms with Crippen molar-refractivity contribution < 1.29 is 29.3 Å². The zero-order valence-electron chi connectivity index (χ0n) is 18.7. The molecule has 0 aromatic heterocycles. The van der Waals surface area contributed by atoms with Crippen LogP contribution in [0, 0.1) is 0 Å². The Morgan fingerprint density at radius 2 is 1.74 bits per heavy atom. The van der Waals surface area contributed by atoms with Crippen LogP contribution in [-0.4, -0.2) is 28.8 Å². The summed E-state index contributed by atoms with van der Waals surface area (Å²) in [6.07, 6.45) is 1.25. The second-order valence-corrected chi connectivity index (χ2v) is 9.42. The van der Waals surface area contributed by atoms with Gasteiger partial charge in [-0.05, 0) is 52.5 Å². The Labute approximate surface area is 182 Å². The van der Waals surface area contributed by atoms with E-state index in [9.17, 15) is 19.8 Å². The second kappa shape index (κ2) is 8.35. The highest BCUT2D eigenvalue weighted by molar-refractivity contribution is 5.92. The molecule has 6 heteroatoms. The van der Waals surface area contributed by atoms with Crippen LogP contribution in [0.2, 0.25) is 0 Å². The summed E-state index contributed by atoms with van der Waals surface area (Å²) in [5, 5.41) is 20.3. The third kappa shape index (κ3) is 4.74. The van der Waals surface area contributed by atoms with Crippen molar-refractivity contribution in [2.24, 2.45) is 0 Å². The Kier molecular flexibility index (Phi) is 6.14. The molecule has 0 saturated heterocycles. The van der Waals surface area contributed by atoms with Gasteiger partial charge in [0.15, 0.2) is 0 Å². The predicted octanol–water partition coefficient (Wildman–Crippen LogP) is 4.77. The number of carbonyl (C=O) groups is 2. The van der Waals surface area contributed by atoms with Crippen LogP contribution in [0.25, 0.3) is 0 Å². The van der Waals surface area contributed by atoms with Crippen molar-refractivity contribution in [1.82, 2.24) is 0 Å². The molecule has 0 saturated carbocycles. The molecule has 0 aliphatic heterocycles. The van der Waals surface area contributed by atoms with E-state index in [2.05, 4.69) is 33.8 Å². The maximum atomic E-state index is 11.3. The van der Waals surface area contributed by atoms with Gasteiger partial charge in [0.05, 0.1) is 0 Å². The molecule has 2 aromatic rings. The van der Waals surface area contributed by atoms with E-state index in [1.165, 1.54) is 36.2 Å². The Hall–Kier alpha value is -2.86. The summed E-state index contributed by atoms with van der Waals surface area (Å²) >= 11 is 0. The number of esters is 1. The molecule has 0 bridgehead atoms. The van der Waals surface area contributed by atoms with Gasteiger partial charge in [-0.15, -0.1) is 0 Å². The number of carboxylic acid groups (broad SMARTS) is 1. The minimum Gasteiger partial charge on any atom is -0.490 e. The van der Waals surface area contributed by atoms with Gasteiger partial charge in [0, 0.05) is 13.0 Å². The first-order valence-corrected chi connectivity index (χ1v) is 10.4. The van der Waals surface area contributed by atoms with Gasteiger partial charge >= 0.3 is 11.9 Å². The molecule has 2 aromatic carbocycles. The monoisotopic (exact) mass is 426 g/mol. The highest BCUT2D eigenvalue weighted by Gasteiger charge is 2.39. The minimum atomic E-state index is -1.21. The van der Waals surface area contributed by atoms with Gasteiger partial charge < -0.3 is 19.7 Å². The van der Waals surface area contributed by atoms with Gasteiger partial charge in [-0.2, -0.15) is 0 Å². The Morgan fingerprint density at radius 3 is 2.39 bits per heavy atom. The van der Waals surface area contributed by atoms with Gasteiger partial charge in [-0.3, -0.25) is 4.79 Å². The van der Waals surface area contributed by atoms with Crippen LogP contribution in [0.1, 0.15) is 80.6 Å². The number of rotatable bonds is 6. The SMILES string of the molecule is CC(=O)Oc1cc(OCC(O)c2cccc3c2C(C)(C)CCC3(C)C)ccc1C(=O)O. The van der Waals surface area contributed by atoms with E-state index >= 15 is 0 Å². The average molecular weight is 427 g/mol. The summed E-state index contributed by atoms with van der Waals surface area (Å²) in [6, 6.07) is 10.2. The van der Waals surface area contributed by atoms with E-state index in [-0.39, 0.29) is 28.7 Å². The molecule has 0 amide bonds. The number of ether oxygens (including phenoxy) is 2. The lowest BCUT2D eigenvalue weighted by Gasteiger charge is -2.43. The minimum absolute atomic E-state index is 0.0150. The van der Waals surface area contributed by atoms with Crippen molar-refractivity contribution in [2.75, 3.05) is 6.61 Å². The van der Waals surface area contributed by atoms with Gasteiger partial charge in [0.25, 0.3) is 0 Å². The fourth-order valence-electron chi connectivity index (χ4n) is 4.33. The van der Waals surface area contributed by atoms with E-state index in [1.807, 2.05) is 12.1 Å². The van der Waals surface area contributed by atoms with Gasteiger partial charge in [0.2, 0.25) is 0 Å². The number of aromatic carboxylic acids is 1. The summed E-state index contributed by atoms with van der Waals surface area (Å²) in [5.74, 6) is -1.61. The number of aliphatic hydroxyl groups excluding tert-OH is 1. The predicted molar refractivity (Wildman–Crippen MR) is 117 cm³/mol. The molecular formula is C25H30O6. The summed E-state index contributed by atoms with van der Waals surface area (Å²) in [7, 11) is 0. The number of aliphatic hydroxyl groups is 1. The molecule has 2 N–H and O–H groups in total. The maximum absolute atomic E-state index is 11.3. The number of carboxylic acids is 1. The molecular weight excluding hydrogens is 396 g/mol. The van der Waals surface area contributed by atoms with E-state index in [1.54, 1.807) is 0 Å². The highest BCUT2D eigenvalue weighted by Crippen LogP contribution is 2.48. The van der Waals surface area contributed by atoms with E-state index in [0.717, 1.165) is 18.4 Å². The van der Waals surface area contributed by atoms with Crippen LogP contribution in [0.15, 0.2) is 36.4 Å². The third-order valence-electron chi connectivity index (χ3n) is 6.08. The Bertz CT molecular complexity index is 1010. The van der Waals surface area contributed by atoms with Crippen molar-refractivity contribution >= 4 is 11.9 Å². The van der Waals surface area contributed by atoms with Crippen LogP contribution in [0.3, 0.4) is 0 Å². The number of fused-ring (bicyclic) bond motifs is 1. The van der Waals surface area contributed by atoms with Crippen molar-refractivity contribution in [3.63, 3.8) is 0 Å². The standard InChI is InChI=1S/C25H30O6/c1-15(26)31-21-13-16(9-10-18(21)23(28)29)30-14-20(27)17-7-6-8-19-22(17)25(4,5)12-11-24(19,2)3/h6-10,13,20,27H,11-12,14H2,1-5H3,(H,28,29). The van der Waals surface area contributed by atoms with Crippen molar-refractivity contribution in [1.29, 1.82) is 0 Å². The lowest BCUT2D eigenvalue weighted by atomic mass is 9.61. The lowest BCUT2D eigenvalue weighted by Crippen LogP contribution is -2.35. The first-order chi connectivity index (χ1) is 14.4. The normalized spacial score (nSPS) is 17.4. The first-order valence-electron chi connectivity index (χ1n) is 10.4. The van der Waals surface area contributed by atoms with Crippen molar-refractivity contribution in [3.8, 4) is 11.5 Å². The van der Waals surface area contributed by atoms with Gasteiger partial charge in [-0.1, -0.05) is 45.9 Å². The number of hydrogen-bond acceptors (Lipinski definition) is 5. The number of carbonyl (C=O) groups excluding carboxylic acids is 1. The summed E-state index contributed by atoms with van der Waals surface area (Å²) < 4.78 is 10.8. The van der Waals surface area contributed by atoms with Crippen LogP contribution in [-0.2, 0) is 15.6 Å². The van der Waals surface area contributed by atoms with E-state index in [4.69, 9.17) is 9.47 Å². The molecule has 31 heavy (non-hydrogen) atoms. The molecule has 0 fully saturated rings. The molecule has 1 aliphatic carbocycles. The Morgan fingerprint density at radius 1 is 1.06 bits per heavy atom. The fraction of sp³-hybridized carbons (Fsp3) is 0.440. The zero-order valence-corrected chi connectivity index (χ0v) is 18.7. The highest BCUT2D eigenvalue weighted by atomic mass is 16.5. The quantitative estimate of drug-likeness (QED) is 0.510. The zero-order chi connectivity index (χ0) is 23.0. The summed E-state index contributed by atoms with van der Waals surface area (Å²) in [4.78, 5) is 22.6.